The molecule has 0 aliphatic carbocycles. The highest BCUT2D eigenvalue weighted by Crippen LogP contribution is 2.41. The molecule has 0 spiro atoms. The first kappa shape index (κ1) is 16.3. The molecule has 1 fully saturated rings. The van der Waals surface area contributed by atoms with E-state index in [1.165, 1.54) is 28.6 Å². The van der Waals surface area contributed by atoms with Crippen molar-refractivity contribution in [3.05, 3.63) is 59.9 Å². The third kappa shape index (κ3) is 3.22. The van der Waals surface area contributed by atoms with E-state index in [-0.39, 0.29) is 10.3 Å². The molecule has 23 heavy (non-hydrogen) atoms. The van der Waals surface area contributed by atoms with Gasteiger partial charge < -0.3 is 4.74 Å². The second-order valence-electron chi connectivity index (χ2n) is 5.07. The smallest absolute Gasteiger partial charge is 0.244 e. The Morgan fingerprint density at radius 3 is 2.39 bits per heavy atom. The summed E-state index contributed by atoms with van der Waals surface area (Å²) in [7, 11) is -2.07. The molecular formula is C16H16FNO3S2. The molecule has 0 saturated carbocycles. The maximum atomic E-state index is 13.0. The van der Waals surface area contributed by atoms with Crippen LogP contribution in [0.5, 0.6) is 5.75 Å². The van der Waals surface area contributed by atoms with E-state index in [0.29, 0.717) is 6.54 Å². The van der Waals surface area contributed by atoms with Crippen LogP contribution in [-0.2, 0) is 10.0 Å². The molecule has 1 atom stereocenters. The average molecular weight is 353 g/mol. The van der Waals surface area contributed by atoms with E-state index < -0.39 is 15.8 Å². The zero-order chi connectivity index (χ0) is 16.4. The lowest BCUT2D eigenvalue weighted by atomic mass is 10.2. The van der Waals surface area contributed by atoms with Crippen molar-refractivity contribution in [2.24, 2.45) is 0 Å². The first-order valence-electron chi connectivity index (χ1n) is 7.05. The van der Waals surface area contributed by atoms with Crippen LogP contribution in [0.4, 0.5) is 4.39 Å². The molecule has 4 nitrogen and oxygen atoms in total. The minimum Gasteiger partial charge on any atom is -0.497 e. The number of hydrogen-bond acceptors (Lipinski definition) is 4. The summed E-state index contributed by atoms with van der Waals surface area (Å²) in [5.41, 5.74) is 0.902. The molecule has 0 bridgehead atoms. The predicted molar refractivity (Wildman–Crippen MR) is 88.5 cm³/mol. The Morgan fingerprint density at radius 1 is 1.13 bits per heavy atom. The molecular weight excluding hydrogens is 337 g/mol. The topological polar surface area (TPSA) is 46.6 Å². The average Bonchev–Trinajstić information content (AvgIpc) is 3.06. The highest BCUT2D eigenvalue weighted by molar-refractivity contribution is 8.01. The van der Waals surface area contributed by atoms with Crippen molar-refractivity contribution in [1.29, 1.82) is 0 Å². The fourth-order valence-electron chi connectivity index (χ4n) is 2.47. The summed E-state index contributed by atoms with van der Waals surface area (Å²) in [6.07, 6.45) is 0. The molecule has 0 amide bonds. The Labute approximate surface area is 139 Å². The maximum absolute atomic E-state index is 13.0. The van der Waals surface area contributed by atoms with Gasteiger partial charge in [0.1, 0.15) is 11.6 Å². The normalized spacial score (nSPS) is 19.0. The lowest BCUT2D eigenvalue weighted by Gasteiger charge is -2.23. The Kier molecular flexibility index (Phi) is 4.61. The summed E-state index contributed by atoms with van der Waals surface area (Å²) in [4.78, 5) is 0.111. The SMILES string of the molecule is COc1ccc([C@@H]2SCCN2S(=O)(=O)c2ccc(F)cc2)cc1. The van der Waals surface area contributed by atoms with Gasteiger partial charge in [-0.2, -0.15) is 4.31 Å². The van der Waals surface area contributed by atoms with Gasteiger partial charge >= 0.3 is 0 Å². The molecule has 1 saturated heterocycles. The first-order valence-corrected chi connectivity index (χ1v) is 9.54. The number of ether oxygens (including phenoxy) is 1. The number of rotatable bonds is 4. The van der Waals surface area contributed by atoms with Crippen molar-refractivity contribution in [2.45, 2.75) is 10.3 Å². The Hall–Kier alpha value is -1.57. The molecule has 2 aromatic carbocycles. The minimum absolute atomic E-state index is 0.111. The van der Waals surface area contributed by atoms with Crippen molar-refractivity contribution in [1.82, 2.24) is 4.31 Å². The van der Waals surface area contributed by atoms with Crippen molar-refractivity contribution in [3.8, 4) is 5.75 Å². The molecule has 0 unspecified atom stereocenters. The molecule has 122 valence electrons. The molecule has 1 aliphatic rings. The summed E-state index contributed by atoms with van der Waals surface area (Å²) < 4.78 is 45.3. The quantitative estimate of drug-likeness (QED) is 0.846. The highest BCUT2D eigenvalue weighted by atomic mass is 32.2. The molecule has 1 aliphatic heterocycles. The number of nitrogens with zero attached hydrogens (tertiary/aromatic N) is 1. The van der Waals surface area contributed by atoms with Gasteiger partial charge in [-0.3, -0.25) is 0 Å². The van der Waals surface area contributed by atoms with E-state index in [2.05, 4.69) is 0 Å². The van der Waals surface area contributed by atoms with Gasteiger partial charge in [0.05, 0.1) is 17.4 Å². The monoisotopic (exact) mass is 353 g/mol. The Balaban J connectivity index is 1.92. The van der Waals surface area contributed by atoms with Crippen LogP contribution in [0, 0.1) is 5.82 Å². The van der Waals surface area contributed by atoms with Gasteiger partial charge in [0.15, 0.2) is 0 Å². The van der Waals surface area contributed by atoms with Crippen LogP contribution < -0.4 is 4.74 Å². The third-order valence-electron chi connectivity index (χ3n) is 3.67. The van der Waals surface area contributed by atoms with Gasteiger partial charge in [0, 0.05) is 12.3 Å². The largest absolute Gasteiger partial charge is 0.497 e. The van der Waals surface area contributed by atoms with Crippen LogP contribution in [0.25, 0.3) is 0 Å². The molecule has 0 radical (unpaired) electrons. The maximum Gasteiger partial charge on any atom is 0.244 e. The van der Waals surface area contributed by atoms with Gasteiger partial charge in [-0.15, -0.1) is 11.8 Å². The fraction of sp³-hybridized carbons (Fsp3) is 0.250. The van der Waals surface area contributed by atoms with E-state index >= 15 is 0 Å². The standard InChI is InChI=1S/C16H16FNO3S2/c1-21-14-6-2-12(3-7-14)16-18(10-11-22-16)23(19,20)15-8-4-13(17)5-9-15/h2-9,16H,10-11H2,1H3/t16-/m0/s1. The van der Waals surface area contributed by atoms with Crippen LogP contribution in [0.15, 0.2) is 53.4 Å². The van der Waals surface area contributed by atoms with Crippen molar-refractivity contribution in [3.63, 3.8) is 0 Å². The van der Waals surface area contributed by atoms with Crippen molar-refractivity contribution >= 4 is 21.8 Å². The van der Waals surface area contributed by atoms with E-state index in [9.17, 15) is 12.8 Å². The molecule has 3 rings (SSSR count). The van der Waals surface area contributed by atoms with Gasteiger partial charge in [0.25, 0.3) is 0 Å². The molecule has 7 heteroatoms. The lowest BCUT2D eigenvalue weighted by molar-refractivity contribution is 0.413. The second-order valence-corrected chi connectivity index (χ2v) is 8.14. The zero-order valence-electron chi connectivity index (χ0n) is 12.5. The van der Waals surface area contributed by atoms with E-state index in [1.807, 2.05) is 24.3 Å². The predicted octanol–water partition coefficient (Wildman–Crippen LogP) is 3.27. The van der Waals surface area contributed by atoms with Crippen LogP contribution in [0.2, 0.25) is 0 Å². The number of hydrogen-bond donors (Lipinski definition) is 0. The minimum atomic E-state index is -3.65. The van der Waals surface area contributed by atoms with E-state index in [1.54, 1.807) is 18.9 Å². The molecule has 2 aromatic rings. The summed E-state index contributed by atoms with van der Waals surface area (Å²) in [5, 5.41) is -0.282. The Morgan fingerprint density at radius 2 is 1.78 bits per heavy atom. The van der Waals surface area contributed by atoms with Crippen LogP contribution in [0.3, 0.4) is 0 Å². The summed E-state index contributed by atoms with van der Waals surface area (Å²) in [6.45, 7) is 0.432. The second kappa shape index (κ2) is 6.51. The fourth-order valence-corrected chi connectivity index (χ4v) is 5.71. The summed E-state index contributed by atoms with van der Waals surface area (Å²) >= 11 is 1.57. The van der Waals surface area contributed by atoms with Gasteiger partial charge in [-0.1, -0.05) is 12.1 Å². The molecule has 0 N–H and O–H groups in total. The van der Waals surface area contributed by atoms with E-state index in [4.69, 9.17) is 4.74 Å². The number of halogens is 1. The number of benzene rings is 2. The first-order chi connectivity index (χ1) is 11.0. The van der Waals surface area contributed by atoms with Crippen LogP contribution in [0.1, 0.15) is 10.9 Å². The van der Waals surface area contributed by atoms with Crippen LogP contribution in [-0.4, -0.2) is 32.1 Å². The number of sulfonamides is 1. The number of methoxy groups -OCH3 is 1. The van der Waals surface area contributed by atoms with Crippen molar-refractivity contribution < 1.29 is 17.5 Å². The van der Waals surface area contributed by atoms with Gasteiger partial charge in [-0.25, -0.2) is 12.8 Å². The molecule has 1 heterocycles. The van der Waals surface area contributed by atoms with Crippen LogP contribution >= 0.6 is 11.8 Å². The lowest BCUT2D eigenvalue weighted by Crippen LogP contribution is -2.30. The summed E-state index contributed by atoms with van der Waals surface area (Å²) in [6, 6.07) is 12.3. The Bertz CT molecular complexity index is 776. The zero-order valence-corrected chi connectivity index (χ0v) is 14.1. The van der Waals surface area contributed by atoms with Gasteiger partial charge in [0.2, 0.25) is 10.0 Å². The van der Waals surface area contributed by atoms with E-state index in [0.717, 1.165) is 17.1 Å². The number of thioether (sulfide) groups is 1. The van der Waals surface area contributed by atoms with Gasteiger partial charge in [-0.05, 0) is 42.0 Å². The third-order valence-corrected chi connectivity index (χ3v) is 6.94. The van der Waals surface area contributed by atoms with Crippen molar-refractivity contribution in [2.75, 3.05) is 19.4 Å². The highest BCUT2D eigenvalue weighted by Gasteiger charge is 2.36. The summed E-state index contributed by atoms with van der Waals surface area (Å²) in [5.74, 6) is 0.994. The molecule has 0 aromatic heterocycles.